The number of anilines is 1. The van der Waals surface area contributed by atoms with Gasteiger partial charge in [-0.2, -0.15) is 0 Å². The number of nitrogens with one attached hydrogen (secondary N) is 1. The van der Waals surface area contributed by atoms with E-state index in [0.29, 0.717) is 23.8 Å². The highest BCUT2D eigenvalue weighted by atomic mass is 19.1. The number of rotatable bonds is 4. The fourth-order valence-electron chi connectivity index (χ4n) is 4.50. The zero-order valence-corrected chi connectivity index (χ0v) is 19.8. The van der Waals surface area contributed by atoms with Crippen LogP contribution < -0.4 is 21.5 Å². The molecule has 0 radical (unpaired) electrons. The van der Waals surface area contributed by atoms with Crippen molar-refractivity contribution < 1.29 is 9.13 Å². The molecule has 1 aliphatic carbocycles. The first-order valence-electron chi connectivity index (χ1n) is 11.8. The van der Waals surface area contributed by atoms with Gasteiger partial charge in [0.2, 0.25) is 0 Å². The van der Waals surface area contributed by atoms with Crippen molar-refractivity contribution in [3.05, 3.63) is 64.9 Å². The third-order valence-electron chi connectivity index (χ3n) is 6.54. The minimum absolute atomic E-state index is 0.228. The van der Waals surface area contributed by atoms with E-state index in [1.165, 1.54) is 25.0 Å². The summed E-state index contributed by atoms with van der Waals surface area (Å²) in [7, 11) is 0. The molecule has 2 atom stereocenters. The number of hydrogen-bond acceptors (Lipinski definition) is 6. The van der Waals surface area contributed by atoms with E-state index in [2.05, 4.69) is 14.9 Å². The molecular formula is C26H31FN6O. The van der Waals surface area contributed by atoms with Gasteiger partial charge in [-0.25, -0.2) is 14.4 Å². The van der Waals surface area contributed by atoms with Gasteiger partial charge < -0.3 is 26.1 Å². The summed E-state index contributed by atoms with van der Waals surface area (Å²) in [5, 5.41) is 3.65. The summed E-state index contributed by atoms with van der Waals surface area (Å²) >= 11 is 0. The molecule has 3 heterocycles. The molecule has 3 aromatic rings. The lowest BCUT2D eigenvalue weighted by atomic mass is 9.99. The molecule has 5 rings (SSSR count). The van der Waals surface area contributed by atoms with Crippen LogP contribution in [0.5, 0.6) is 5.75 Å². The molecule has 1 fully saturated rings. The first-order chi connectivity index (χ1) is 16.3. The quantitative estimate of drug-likeness (QED) is 0.537. The highest BCUT2D eigenvalue weighted by Crippen LogP contribution is 2.36. The van der Waals surface area contributed by atoms with Crippen molar-refractivity contribution >= 4 is 11.5 Å². The Morgan fingerprint density at radius 3 is 2.82 bits per heavy atom. The minimum atomic E-state index is -0.477. The Morgan fingerprint density at radius 1 is 1.29 bits per heavy atom. The molecule has 178 valence electrons. The molecule has 1 aromatic carbocycles. The van der Waals surface area contributed by atoms with Crippen molar-refractivity contribution in [2.45, 2.75) is 52.3 Å². The van der Waals surface area contributed by atoms with Crippen LogP contribution in [0.2, 0.25) is 0 Å². The second kappa shape index (κ2) is 8.76. The third-order valence-corrected chi connectivity index (χ3v) is 6.54. The molecular weight excluding hydrogens is 431 g/mol. The normalized spacial score (nSPS) is 20.9. The van der Waals surface area contributed by atoms with Gasteiger partial charge in [-0.05, 0) is 69.4 Å². The Kier molecular flexibility index (Phi) is 5.77. The maximum Gasteiger partial charge on any atom is 0.166 e. The summed E-state index contributed by atoms with van der Waals surface area (Å²) < 4.78 is 22.7. The fourth-order valence-corrected chi connectivity index (χ4v) is 4.50. The topological polar surface area (TPSA) is 104 Å². The summed E-state index contributed by atoms with van der Waals surface area (Å²) in [6.07, 6.45) is 5.75. The number of aromatic nitrogens is 3. The van der Waals surface area contributed by atoms with Gasteiger partial charge in [0, 0.05) is 53.9 Å². The predicted octanol–water partition coefficient (Wildman–Crippen LogP) is 4.19. The van der Waals surface area contributed by atoms with Crippen molar-refractivity contribution in [2.24, 2.45) is 11.7 Å². The van der Waals surface area contributed by atoms with E-state index in [9.17, 15) is 4.39 Å². The van der Waals surface area contributed by atoms with Gasteiger partial charge in [0.15, 0.2) is 11.6 Å². The lowest BCUT2D eigenvalue weighted by Crippen LogP contribution is -2.28. The van der Waals surface area contributed by atoms with Crippen LogP contribution in [0.1, 0.15) is 49.6 Å². The number of aryl methyl sites for hydroxylation is 1. The van der Waals surface area contributed by atoms with Crippen LogP contribution in [0.4, 0.5) is 10.2 Å². The molecule has 1 saturated carbocycles. The smallest absolute Gasteiger partial charge is 0.166 e. The van der Waals surface area contributed by atoms with Crippen LogP contribution >= 0.6 is 0 Å². The summed E-state index contributed by atoms with van der Waals surface area (Å²) in [5.41, 5.74) is 17.9. The molecule has 34 heavy (non-hydrogen) atoms. The van der Waals surface area contributed by atoms with E-state index in [1.54, 1.807) is 12.3 Å². The molecule has 2 unspecified atom stereocenters. The number of halogens is 1. The minimum Gasteiger partial charge on any atom is -0.482 e. The van der Waals surface area contributed by atoms with Crippen molar-refractivity contribution in [1.82, 2.24) is 19.9 Å². The molecule has 1 aliphatic heterocycles. The summed E-state index contributed by atoms with van der Waals surface area (Å²) in [6, 6.07) is 6.38. The van der Waals surface area contributed by atoms with E-state index in [0.717, 1.165) is 40.5 Å². The summed E-state index contributed by atoms with van der Waals surface area (Å²) in [5.74, 6) is 1.83. The number of imidazole rings is 1. The third kappa shape index (κ3) is 4.37. The summed E-state index contributed by atoms with van der Waals surface area (Å²) in [6.45, 7) is 7.23. The number of pyridine rings is 1. The van der Waals surface area contributed by atoms with Crippen LogP contribution in [0.3, 0.4) is 0 Å². The predicted molar refractivity (Wildman–Crippen MR) is 131 cm³/mol. The van der Waals surface area contributed by atoms with Crippen molar-refractivity contribution in [3.8, 4) is 17.1 Å². The zero-order valence-electron chi connectivity index (χ0n) is 19.8. The average molecular weight is 463 g/mol. The molecule has 7 nitrogen and oxygen atoms in total. The lowest BCUT2D eigenvalue weighted by molar-refractivity contribution is 0.227. The van der Waals surface area contributed by atoms with E-state index in [-0.39, 0.29) is 17.7 Å². The number of ether oxygens (including phenoxy) is 1. The van der Waals surface area contributed by atoms with Gasteiger partial charge in [0.05, 0.1) is 5.69 Å². The van der Waals surface area contributed by atoms with Crippen LogP contribution in [-0.4, -0.2) is 27.1 Å². The Labute approximate surface area is 199 Å². The number of fused-ring (bicyclic) bond motifs is 5. The highest BCUT2D eigenvalue weighted by molar-refractivity contribution is 5.71. The monoisotopic (exact) mass is 462 g/mol. The van der Waals surface area contributed by atoms with Gasteiger partial charge in [-0.15, -0.1) is 0 Å². The maximum absolute atomic E-state index is 14.3. The number of hydrogen-bond donors (Lipinski definition) is 3. The van der Waals surface area contributed by atoms with Gasteiger partial charge in [0.25, 0.3) is 0 Å². The van der Waals surface area contributed by atoms with Crippen LogP contribution in [0.25, 0.3) is 17.1 Å². The van der Waals surface area contributed by atoms with E-state index in [1.807, 2.05) is 33.0 Å². The number of nitrogens with two attached hydrogens (primary N) is 2. The van der Waals surface area contributed by atoms with E-state index < -0.39 is 6.10 Å². The lowest BCUT2D eigenvalue weighted by Gasteiger charge is -2.25. The molecule has 5 N–H and O–H groups in total. The average Bonchev–Trinajstić information content (AvgIpc) is 3.55. The number of nitrogens with zero attached hydrogens (tertiary/aromatic N) is 3. The fraction of sp³-hybridized carbons (Fsp3) is 0.385. The van der Waals surface area contributed by atoms with Gasteiger partial charge in [0.1, 0.15) is 17.7 Å². The van der Waals surface area contributed by atoms with Gasteiger partial charge >= 0.3 is 0 Å². The summed E-state index contributed by atoms with van der Waals surface area (Å²) in [4.78, 5) is 9.21. The van der Waals surface area contributed by atoms with Crippen molar-refractivity contribution in [3.63, 3.8) is 0 Å². The molecule has 2 aliphatic rings. The molecule has 0 amide bonds. The van der Waals surface area contributed by atoms with E-state index >= 15 is 0 Å². The first kappa shape index (κ1) is 22.4. The largest absolute Gasteiger partial charge is 0.482 e. The SMILES string of the molecule is Cc1cn2c(n1)-c1ccc(F)cc1C(C)Oc1cc(cnc1N)/C(NCC1CC1)=C(/C(C)N)C2. The number of nitrogen functional groups attached to an aromatic ring is 1. The molecule has 0 spiro atoms. The Morgan fingerprint density at radius 2 is 2.09 bits per heavy atom. The van der Waals surface area contributed by atoms with Crippen molar-refractivity contribution in [1.29, 1.82) is 0 Å². The highest BCUT2D eigenvalue weighted by Gasteiger charge is 2.26. The first-order valence-corrected chi connectivity index (χ1v) is 11.8. The second-order valence-corrected chi connectivity index (χ2v) is 9.45. The van der Waals surface area contributed by atoms with Gasteiger partial charge in [-0.1, -0.05) is 0 Å². The zero-order chi connectivity index (χ0) is 24.0. The van der Waals surface area contributed by atoms with Gasteiger partial charge in [-0.3, -0.25) is 0 Å². The van der Waals surface area contributed by atoms with Crippen LogP contribution in [-0.2, 0) is 6.54 Å². The maximum atomic E-state index is 14.3. The number of benzene rings is 1. The molecule has 2 aromatic heterocycles. The van der Waals surface area contributed by atoms with Crippen LogP contribution in [0, 0.1) is 18.7 Å². The molecule has 8 heteroatoms. The Bertz CT molecular complexity index is 1260. The van der Waals surface area contributed by atoms with Crippen LogP contribution in [0.15, 0.2) is 42.2 Å². The van der Waals surface area contributed by atoms with Crippen molar-refractivity contribution in [2.75, 3.05) is 12.3 Å². The van der Waals surface area contributed by atoms with E-state index in [4.69, 9.17) is 21.2 Å². The molecule has 0 saturated heterocycles. The molecule has 2 bridgehead atoms. The Hall–Kier alpha value is -3.39. The standard InChI is InChI=1S/C26H31FN6O/c1-14-12-33-13-22(15(2)28)24(30-10-17-4-5-17)18-8-23(25(29)31-11-18)34-16(3)21-9-19(27)6-7-20(21)26(33)32-14/h6-9,11-12,15-17,30H,4-5,10,13,28H2,1-3H3,(H2,29,31)/b24-22-. The second-order valence-electron chi connectivity index (χ2n) is 9.45. The Balaban J connectivity index is 1.75.